The minimum atomic E-state index is -0.544. The minimum Gasteiger partial charge on any atom is -0.486 e. The quantitative estimate of drug-likeness (QED) is 0.0836. The molecule has 230 valence electrons. The molecule has 8 heteroatoms. The molecule has 0 atom stereocenters. The van der Waals surface area contributed by atoms with Crippen LogP contribution in [-0.4, -0.2) is 49.3 Å². The number of ether oxygens (including phenoxy) is 3. The van der Waals surface area contributed by atoms with E-state index in [9.17, 15) is 19.2 Å². The summed E-state index contributed by atoms with van der Waals surface area (Å²) in [6.07, 6.45) is 8.44. The van der Waals surface area contributed by atoms with Gasteiger partial charge >= 0.3 is 11.9 Å². The zero-order chi connectivity index (χ0) is 31.5. The van der Waals surface area contributed by atoms with Crippen LogP contribution in [0.3, 0.4) is 0 Å². The van der Waals surface area contributed by atoms with Gasteiger partial charge in [0.05, 0.1) is 37.3 Å². The van der Waals surface area contributed by atoms with E-state index >= 15 is 0 Å². The van der Waals surface area contributed by atoms with Crippen molar-refractivity contribution in [2.75, 3.05) is 20.8 Å². The number of ketones is 2. The zero-order valence-corrected chi connectivity index (χ0v) is 25.6. The van der Waals surface area contributed by atoms with Crippen molar-refractivity contribution in [2.24, 2.45) is 0 Å². The molecule has 1 aromatic heterocycles. The molecular formula is C36H39NO7. The Hall–Kier alpha value is -4.72. The van der Waals surface area contributed by atoms with Crippen molar-refractivity contribution in [3.8, 4) is 5.75 Å². The number of Topliss-reactive ketones (excluding diaryl/α,β-unsaturated/α-hetero) is 1. The SMILES string of the molecule is CCCCCCCCc1ccc(OCC(=O)Cc2[nH]c3ccc(C(=O)OC)cc3c2C(=O)c2ccc(C(=O)OC)cc2)cc1. The Bertz CT molecular complexity index is 1600. The number of unbranched alkanes of at least 4 members (excludes halogenated alkanes) is 5. The summed E-state index contributed by atoms with van der Waals surface area (Å²) < 4.78 is 15.4. The van der Waals surface area contributed by atoms with Gasteiger partial charge in [-0.1, -0.05) is 63.3 Å². The van der Waals surface area contributed by atoms with Gasteiger partial charge in [-0.05, 0) is 60.9 Å². The largest absolute Gasteiger partial charge is 0.486 e. The Morgan fingerprint density at radius 2 is 1.32 bits per heavy atom. The van der Waals surface area contributed by atoms with Gasteiger partial charge in [0.25, 0.3) is 0 Å². The molecule has 4 aromatic rings. The van der Waals surface area contributed by atoms with E-state index in [0.717, 1.165) is 12.8 Å². The van der Waals surface area contributed by atoms with Crippen LogP contribution in [0.2, 0.25) is 0 Å². The summed E-state index contributed by atoms with van der Waals surface area (Å²) in [7, 11) is 2.57. The van der Waals surface area contributed by atoms with Gasteiger partial charge in [0.2, 0.25) is 0 Å². The molecule has 1 heterocycles. The molecule has 0 spiro atoms. The zero-order valence-electron chi connectivity index (χ0n) is 25.6. The van der Waals surface area contributed by atoms with Gasteiger partial charge in [-0.2, -0.15) is 0 Å². The number of fused-ring (bicyclic) bond motifs is 1. The Labute approximate surface area is 257 Å². The lowest BCUT2D eigenvalue weighted by atomic mass is 9.97. The van der Waals surface area contributed by atoms with Gasteiger partial charge in [-0.3, -0.25) is 9.59 Å². The van der Waals surface area contributed by atoms with Crippen LogP contribution in [0.15, 0.2) is 66.7 Å². The number of H-pyrrole nitrogens is 1. The van der Waals surface area contributed by atoms with E-state index in [4.69, 9.17) is 14.2 Å². The maximum Gasteiger partial charge on any atom is 0.337 e. The first-order valence-corrected chi connectivity index (χ1v) is 15.0. The van der Waals surface area contributed by atoms with Crippen LogP contribution in [0.5, 0.6) is 5.75 Å². The molecule has 0 saturated heterocycles. The average Bonchev–Trinajstić information content (AvgIpc) is 3.41. The van der Waals surface area contributed by atoms with E-state index in [2.05, 4.69) is 11.9 Å². The number of esters is 2. The highest BCUT2D eigenvalue weighted by Crippen LogP contribution is 2.28. The Morgan fingerprint density at radius 1 is 0.705 bits per heavy atom. The summed E-state index contributed by atoms with van der Waals surface area (Å²) in [6.45, 7) is 2.05. The summed E-state index contributed by atoms with van der Waals surface area (Å²) >= 11 is 0. The molecule has 0 radical (unpaired) electrons. The third kappa shape index (κ3) is 8.22. The Balaban J connectivity index is 1.48. The number of carbonyl (C=O) groups is 4. The summed E-state index contributed by atoms with van der Waals surface area (Å²) in [4.78, 5) is 54.1. The summed E-state index contributed by atoms with van der Waals surface area (Å²) in [6, 6.07) is 18.7. The van der Waals surface area contributed by atoms with Gasteiger partial charge in [-0.15, -0.1) is 0 Å². The molecule has 3 aromatic carbocycles. The van der Waals surface area contributed by atoms with Gasteiger partial charge in [0, 0.05) is 22.2 Å². The van der Waals surface area contributed by atoms with Crippen molar-refractivity contribution in [1.82, 2.24) is 4.98 Å². The van der Waals surface area contributed by atoms with Gasteiger partial charge in [0.1, 0.15) is 12.4 Å². The van der Waals surface area contributed by atoms with Crippen molar-refractivity contribution in [3.05, 3.63) is 100 Å². The molecule has 44 heavy (non-hydrogen) atoms. The normalized spacial score (nSPS) is 10.9. The molecule has 0 aliphatic heterocycles. The molecule has 0 saturated carbocycles. The van der Waals surface area contributed by atoms with E-state index in [-0.39, 0.29) is 35.7 Å². The second-order valence-corrected chi connectivity index (χ2v) is 10.8. The molecule has 0 aliphatic carbocycles. The van der Waals surface area contributed by atoms with Crippen molar-refractivity contribution < 1.29 is 33.4 Å². The molecule has 0 unspecified atom stereocenters. The number of aromatic amines is 1. The van der Waals surface area contributed by atoms with Crippen LogP contribution in [0.25, 0.3) is 10.9 Å². The molecule has 0 fully saturated rings. The monoisotopic (exact) mass is 597 g/mol. The van der Waals surface area contributed by atoms with E-state index < -0.39 is 11.9 Å². The molecule has 0 aliphatic rings. The summed E-state index contributed by atoms with van der Waals surface area (Å²) in [5.41, 5.74) is 3.40. The number of aryl methyl sites for hydroxylation is 1. The smallest absolute Gasteiger partial charge is 0.337 e. The van der Waals surface area contributed by atoms with E-state index in [1.54, 1.807) is 18.2 Å². The molecule has 4 rings (SSSR count). The standard InChI is InChI=1S/C36H39NO7/c1-4-5-6-7-8-9-10-24-11-18-29(19-12-24)44-23-28(38)22-32-33(30-21-27(36(41)43-3)17-20-31(30)37-32)34(39)25-13-15-26(16-14-25)35(40)42-2/h11-21,37H,4-10,22-23H2,1-3H3. The second kappa shape index (κ2) is 15.7. The Kier molecular flexibility index (Phi) is 11.5. The van der Waals surface area contributed by atoms with Gasteiger partial charge < -0.3 is 19.2 Å². The number of hydrogen-bond donors (Lipinski definition) is 1. The van der Waals surface area contributed by atoms with Crippen LogP contribution in [0.1, 0.15) is 93.3 Å². The van der Waals surface area contributed by atoms with Crippen molar-refractivity contribution in [1.29, 1.82) is 0 Å². The highest BCUT2D eigenvalue weighted by Gasteiger charge is 2.23. The third-order valence-electron chi connectivity index (χ3n) is 7.61. The summed E-state index contributed by atoms with van der Waals surface area (Å²) in [5, 5.41) is 0.486. The minimum absolute atomic E-state index is 0.0837. The molecule has 0 amide bonds. The second-order valence-electron chi connectivity index (χ2n) is 10.8. The number of aromatic nitrogens is 1. The first-order valence-electron chi connectivity index (χ1n) is 15.0. The maximum absolute atomic E-state index is 13.8. The summed E-state index contributed by atoms with van der Waals surface area (Å²) in [5.74, 6) is -1.04. The number of hydrogen-bond acceptors (Lipinski definition) is 7. The lowest BCUT2D eigenvalue weighted by molar-refractivity contribution is -0.120. The average molecular weight is 598 g/mol. The Morgan fingerprint density at radius 3 is 2.00 bits per heavy atom. The fourth-order valence-electron chi connectivity index (χ4n) is 5.18. The molecule has 8 nitrogen and oxygen atoms in total. The number of benzene rings is 3. The number of rotatable bonds is 16. The molecule has 0 bridgehead atoms. The number of nitrogens with one attached hydrogen (secondary N) is 1. The fourth-order valence-corrected chi connectivity index (χ4v) is 5.18. The molecular weight excluding hydrogens is 558 g/mol. The van der Waals surface area contributed by atoms with E-state index in [0.29, 0.717) is 33.5 Å². The highest BCUT2D eigenvalue weighted by molar-refractivity contribution is 6.18. The fraction of sp³-hybridized carbons (Fsp3) is 0.333. The maximum atomic E-state index is 13.8. The van der Waals surface area contributed by atoms with Crippen molar-refractivity contribution in [3.63, 3.8) is 0 Å². The first kappa shape index (κ1) is 32.2. The molecule has 1 N–H and O–H groups in total. The highest BCUT2D eigenvalue weighted by atomic mass is 16.5. The van der Waals surface area contributed by atoms with Crippen LogP contribution >= 0.6 is 0 Å². The lowest BCUT2D eigenvalue weighted by Gasteiger charge is -2.08. The number of carbonyl (C=O) groups excluding carboxylic acids is 4. The van der Waals surface area contributed by atoms with Crippen LogP contribution in [-0.2, 0) is 27.1 Å². The number of methoxy groups -OCH3 is 2. The lowest BCUT2D eigenvalue weighted by Crippen LogP contribution is -2.16. The topological polar surface area (TPSA) is 112 Å². The predicted octanol–water partition coefficient (Wildman–Crippen LogP) is 7.07. The van der Waals surface area contributed by atoms with Crippen LogP contribution in [0, 0.1) is 0 Å². The predicted molar refractivity (Wildman–Crippen MR) is 169 cm³/mol. The van der Waals surface area contributed by atoms with Gasteiger partial charge in [-0.25, -0.2) is 9.59 Å². The van der Waals surface area contributed by atoms with Crippen LogP contribution in [0.4, 0.5) is 0 Å². The van der Waals surface area contributed by atoms with Crippen molar-refractivity contribution in [2.45, 2.75) is 58.3 Å². The van der Waals surface area contributed by atoms with Crippen molar-refractivity contribution >= 4 is 34.4 Å². The first-order chi connectivity index (χ1) is 21.3. The van der Waals surface area contributed by atoms with Crippen LogP contribution < -0.4 is 4.74 Å². The van der Waals surface area contributed by atoms with Gasteiger partial charge in [0.15, 0.2) is 11.6 Å². The third-order valence-corrected chi connectivity index (χ3v) is 7.61. The van der Waals surface area contributed by atoms with E-state index in [1.807, 2.05) is 24.3 Å². The van der Waals surface area contributed by atoms with E-state index in [1.165, 1.54) is 76.2 Å².